The number of nitrogens with zero attached hydrogens (tertiary/aromatic N) is 7. The van der Waals surface area contributed by atoms with E-state index in [1.807, 2.05) is 23.2 Å². The molecular formula is C27H35ClN8O2S. The van der Waals surface area contributed by atoms with Gasteiger partial charge in [0, 0.05) is 49.7 Å². The molecule has 3 aromatic rings. The quantitative estimate of drug-likeness (QED) is 0.452. The molecule has 1 atom stereocenters. The van der Waals surface area contributed by atoms with Gasteiger partial charge >= 0.3 is 6.01 Å². The van der Waals surface area contributed by atoms with Gasteiger partial charge in [0.25, 0.3) is 0 Å². The molecule has 5 heterocycles. The molecular weight excluding hydrogens is 536 g/mol. The fourth-order valence-corrected chi connectivity index (χ4v) is 6.12. The molecule has 2 fully saturated rings. The molecule has 39 heavy (non-hydrogen) atoms. The van der Waals surface area contributed by atoms with Crippen molar-refractivity contribution in [1.29, 1.82) is 0 Å². The monoisotopic (exact) mass is 570 g/mol. The number of rotatable bonds is 6. The highest BCUT2D eigenvalue weighted by atomic mass is 35.5. The number of likely N-dealkylation sites (N-methyl/N-ethyl adjacent to an activating group) is 1. The molecule has 0 radical (unpaired) electrons. The first-order valence-corrected chi connectivity index (χ1v) is 13.6. The van der Waals surface area contributed by atoms with Crippen molar-refractivity contribution in [1.82, 2.24) is 30.0 Å². The van der Waals surface area contributed by atoms with Crippen LogP contribution in [0.3, 0.4) is 0 Å². The maximum atomic E-state index is 12.1. The number of aromatic nitrogens is 4. The Balaban J connectivity index is 0.00000308. The van der Waals surface area contributed by atoms with Gasteiger partial charge in [0.1, 0.15) is 12.4 Å². The van der Waals surface area contributed by atoms with Gasteiger partial charge in [0.15, 0.2) is 0 Å². The Bertz CT molecular complexity index is 1360. The second-order valence-corrected chi connectivity index (χ2v) is 10.7. The maximum absolute atomic E-state index is 12.1. The lowest BCUT2D eigenvalue weighted by atomic mass is 10.0. The summed E-state index contributed by atoms with van der Waals surface area (Å²) in [6.07, 6.45) is 6.30. The van der Waals surface area contributed by atoms with Gasteiger partial charge in [-0.05, 0) is 51.1 Å². The van der Waals surface area contributed by atoms with Gasteiger partial charge in [-0.3, -0.25) is 9.89 Å². The van der Waals surface area contributed by atoms with Gasteiger partial charge in [0.05, 0.1) is 34.7 Å². The molecule has 1 amide bonds. The summed E-state index contributed by atoms with van der Waals surface area (Å²) in [7, 11) is 2.14. The second-order valence-electron chi connectivity index (χ2n) is 10.3. The summed E-state index contributed by atoms with van der Waals surface area (Å²) in [4.78, 5) is 30.7. The molecule has 1 aromatic carbocycles. The molecule has 12 heteroatoms. The van der Waals surface area contributed by atoms with E-state index in [4.69, 9.17) is 26.3 Å². The van der Waals surface area contributed by atoms with Crippen LogP contribution in [0.25, 0.3) is 10.9 Å². The number of carbonyl (C=O) groups excluding carboxylic acids is 1. The number of ether oxygens (including phenoxy) is 1. The van der Waals surface area contributed by atoms with Crippen LogP contribution in [-0.2, 0) is 17.8 Å². The van der Waals surface area contributed by atoms with E-state index in [1.165, 1.54) is 12.5 Å². The third-order valence-electron chi connectivity index (χ3n) is 8.03. The summed E-state index contributed by atoms with van der Waals surface area (Å²) < 4.78 is 6.23. The van der Waals surface area contributed by atoms with Crippen molar-refractivity contribution < 1.29 is 9.53 Å². The molecule has 0 saturated carbocycles. The van der Waals surface area contributed by atoms with Crippen LogP contribution in [0.2, 0.25) is 5.02 Å². The van der Waals surface area contributed by atoms with E-state index in [9.17, 15) is 4.79 Å². The Morgan fingerprint density at radius 3 is 2.74 bits per heavy atom. The van der Waals surface area contributed by atoms with E-state index in [2.05, 4.69) is 38.5 Å². The molecule has 0 bridgehead atoms. The van der Waals surface area contributed by atoms with Crippen molar-refractivity contribution in [2.45, 2.75) is 31.8 Å². The number of piperazine rings is 1. The van der Waals surface area contributed by atoms with Crippen LogP contribution >= 0.6 is 25.1 Å². The fourth-order valence-electron chi connectivity index (χ4n) is 5.83. The third-order valence-corrected chi connectivity index (χ3v) is 8.33. The molecule has 10 nitrogen and oxygen atoms in total. The smallest absolute Gasteiger partial charge is 0.318 e. The van der Waals surface area contributed by atoms with E-state index in [1.54, 1.807) is 0 Å². The molecule has 1 N–H and O–H groups in total. The van der Waals surface area contributed by atoms with Crippen molar-refractivity contribution in [3.63, 3.8) is 0 Å². The normalized spacial score (nSPS) is 19.6. The number of H-pyrrole nitrogens is 1. The van der Waals surface area contributed by atoms with E-state index < -0.39 is 0 Å². The number of hydrogen-bond donors (Lipinski definition) is 1. The Morgan fingerprint density at radius 2 is 2.00 bits per heavy atom. The summed E-state index contributed by atoms with van der Waals surface area (Å²) >= 11 is 6.70. The van der Waals surface area contributed by atoms with Crippen LogP contribution in [0.5, 0.6) is 6.01 Å². The minimum absolute atomic E-state index is 0. The van der Waals surface area contributed by atoms with E-state index >= 15 is 0 Å². The number of fused-ring (bicyclic) bond motifs is 2. The Hall–Kier alpha value is -3.02. The first kappa shape index (κ1) is 27.5. The summed E-state index contributed by atoms with van der Waals surface area (Å²) in [5.74, 6) is 0.891. The molecule has 3 aliphatic heterocycles. The van der Waals surface area contributed by atoms with Gasteiger partial charge in [-0.25, -0.2) is 0 Å². The SMILES string of the molecule is C=CC(=O)N1CCN(c2nc(OC[C@@H]3CCCN3C)nc3c2CCN(c2c(Cl)ccc4[nH]ncc24)C3)CC1.S. The molecule has 2 saturated heterocycles. The van der Waals surface area contributed by atoms with Gasteiger partial charge in [0.2, 0.25) is 5.91 Å². The van der Waals surface area contributed by atoms with Gasteiger partial charge in [-0.15, -0.1) is 0 Å². The van der Waals surface area contributed by atoms with Crippen LogP contribution in [-0.4, -0.2) is 94.8 Å². The van der Waals surface area contributed by atoms with Gasteiger partial charge in [-0.1, -0.05) is 18.2 Å². The van der Waals surface area contributed by atoms with Crippen molar-refractivity contribution in [3.8, 4) is 6.01 Å². The number of aromatic amines is 1. The molecule has 6 rings (SSSR count). The van der Waals surface area contributed by atoms with Crippen molar-refractivity contribution >= 4 is 53.4 Å². The first-order valence-electron chi connectivity index (χ1n) is 13.3. The van der Waals surface area contributed by atoms with Gasteiger partial charge in [-0.2, -0.15) is 28.6 Å². The largest absolute Gasteiger partial charge is 0.462 e. The minimum atomic E-state index is -0.0278. The molecule has 0 unspecified atom stereocenters. The lowest BCUT2D eigenvalue weighted by Crippen LogP contribution is -2.49. The summed E-state index contributed by atoms with van der Waals surface area (Å²) in [6, 6.07) is 4.66. The minimum Gasteiger partial charge on any atom is -0.462 e. The molecule has 3 aliphatic rings. The summed E-state index contributed by atoms with van der Waals surface area (Å²) in [5.41, 5.74) is 4.02. The maximum Gasteiger partial charge on any atom is 0.318 e. The van der Waals surface area contributed by atoms with E-state index in [0.717, 1.165) is 59.6 Å². The average Bonchev–Trinajstić information content (AvgIpc) is 3.59. The van der Waals surface area contributed by atoms with Gasteiger partial charge < -0.3 is 24.3 Å². The highest BCUT2D eigenvalue weighted by molar-refractivity contribution is 7.59. The standard InChI is InChI=1S/C27H33ClN8O2.H2S/c1-3-24(37)34-11-13-35(14-12-34)26-19-8-10-36(25-20-15-29-32-22(20)7-6-21(25)28)16-23(19)30-27(31-26)38-17-18-5-4-9-33(18)2;/h3,6-7,15,18H,1,4-5,8-14,16-17H2,2H3,(H,29,32);1H2/t18-;/m0./s1. The van der Waals surface area contributed by atoms with Crippen LogP contribution < -0.4 is 14.5 Å². The van der Waals surface area contributed by atoms with Crippen molar-refractivity contribution in [3.05, 3.63) is 47.3 Å². The number of nitrogens with one attached hydrogen (secondary N) is 1. The molecule has 208 valence electrons. The number of anilines is 2. The first-order chi connectivity index (χ1) is 18.5. The number of benzene rings is 1. The highest BCUT2D eigenvalue weighted by Gasteiger charge is 2.30. The Kier molecular flexibility index (Phi) is 8.20. The average molecular weight is 571 g/mol. The van der Waals surface area contributed by atoms with Crippen LogP contribution in [0.4, 0.5) is 11.5 Å². The third kappa shape index (κ3) is 5.39. The van der Waals surface area contributed by atoms with E-state index in [0.29, 0.717) is 56.4 Å². The number of amides is 1. The lowest BCUT2D eigenvalue weighted by molar-refractivity contribution is -0.126. The molecule has 0 aliphatic carbocycles. The van der Waals surface area contributed by atoms with Crippen LogP contribution in [0.1, 0.15) is 24.1 Å². The van der Waals surface area contributed by atoms with Crippen LogP contribution in [0.15, 0.2) is 31.0 Å². The number of halogens is 1. The van der Waals surface area contributed by atoms with Crippen molar-refractivity contribution in [2.75, 3.05) is 62.7 Å². The van der Waals surface area contributed by atoms with Crippen molar-refractivity contribution in [2.24, 2.45) is 0 Å². The number of likely N-dealkylation sites (tertiary alicyclic amines) is 1. The zero-order chi connectivity index (χ0) is 26.2. The second kappa shape index (κ2) is 11.6. The van der Waals surface area contributed by atoms with Crippen LogP contribution in [0, 0.1) is 0 Å². The molecule has 0 spiro atoms. The predicted molar refractivity (Wildman–Crippen MR) is 158 cm³/mol. The Morgan fingerprint density at radius 1 is 1.18 bits per heavy atom. The summed E-state index contributed by atoms with van der Waals surface area (Å²) in [6.45, 7) is 9.36. The molecule has 2 aromatic heterocycles. The van der Waals surface area contributed by atoms with E-state index in [-0.39, 0.29) is 19.4 Å². The highest BCUT2D eigenvalue weighted by Crippen LogP contribution is 2.38. The predicted octanol–water partition coefficient (Wildman–Crippen LogP) is 2.99. The zero-order valence-electron chi connectivity index (χ0n) is 22.2. The number of hydrogen-bond acceptors (Lipinski definition) is 8. The summed E-state index contributed by atoms with van der Waals surface area (Å²) in [5, 5.41) is 8.96. The fraction of sp³-hybridized carbons (Fsp3) is 0.481. The topological polar surface area (TPSA) is 93.7 Å². The number of carbonyl (C=O) groups is 1. The Labute approximate surface area is 240 Å². The lowest BCUT2D eigenvalue weighted by Gasteiger charge is -2.38. The zero-order valence-corrected chi connectivity index (χ0v) is 24.0.